The molecule has 0 nitrogen and oxygen atoms in total. The molecule has 1 aliphatic rings. The Labute approximate surface area is 77.1 Å². The standard InChI is InChI=1S/C12H22/c1-3-4-5-6-7-11(2)10-12-8-9-12/h3,11-12H,1,4-10H2,2H3. The molecule has 0 heteroatoms. The van der Waals surface area contributed by atoms with Gasteiger partial charge >= 0.3 is 0 Å². The smallest absolute Gasteiger partial charge is 0.0353 e. The van der Waals surface area contributed by atoms with Gasteiger partial charge in [-0.05, 0) is 31.1 Å². The van der Waals surface area contributed by atoms with Crippen molar-refractivity contribution < 1.29 is 0 Å². The zero-order valence-corrected chi connectivity index (χ0v) is 8.39. The minimum Gasteiger partial charge on any atom is -0.103 e. The molecule has 0 saturated heterocycles. The highest BCUT2D eigenvalue weighted by Crippen LogP contribution is 2.36. The van der Waals surface area contributed by atoms with Gasteiger partial charge < -0.3 is 0 Å². The third-order valence-electron chi connectivity index (χ3n) is 2.79. The van der Waals surface area contributed by atoms with Crippen LogP contribution in [0.5, 0.6) is 0 Å². The van der Waals surface area contributed by atoms with Crippen molar-refractivity contribution in [2.45, 2.75) is 51.9 Å². The molecule has 0 aliphatic heterocycles. The molecule has 0 aromatic rings. The summed E-state index contributed by atoms with van der Waals surface area (Å²) in [6.45, 7) is 6.14. The van der Waals surface area contributed by atoms with E-state index < -0.39 is 0 Å². The van der Waals surface area contributed by atoms with Crippen LogP contribution < -0.4 is 0 Å². The monoisotopic (exact) mass is 166 g/mol. The van der Waals surface area contributed by atoms with Crippen LogP contribution in [-0.4, -0.2) is 0 Å². The van der Waals surface area contributed by atoms with E-state index in [-0.39, 0.29) is 0 Å². The predicted octanol–water partition coefficient (Wildman–Crippen LogP) is 4.17. The lowest BCUT2D eigenvalue weighted by Crippen LogP contribution is -1.95. The van der Waals surface area contributed by atoms with Crippen molar-refractivity contribution in [1.82, 2.24) is 0 Å². The summed E-state index contributed by atoms with van der Waals surface area (Å²) in [6.07, 6.45) is 11.9. The van der Waals surface area contributed by atoms with Gasteiger partial charge in [0.15, 0.2) is 0 Å². The highest BCUT2D eigenvalue weighted by Gasteiger charge is 2.22. The van der Waals surface area contributed by atoms with Crippen LogP contribution >= 0.6 is 0 Å². The van der Waals surface area contributed by atoms with Gasteiger partial charge in [-0.15, -0.1) is 6.58 Å². The van der Waals surface area contributed by atoms with Crippen molar-refractivity contribution in [1.29, 1.82) is 0 Å². The van der Waals surface area contributed by atoms with E-state index in [1.165, 1.54) is 44.9 Å². The summed E-state index contributed by atoms with van der Waals surface area (Å²) in [4.78, 5) is 0. The Hall–Kier alpha value is -0.260. The van der Waals surface area contributed by atoms with Crippen molar-refractivity contribution >= 4 is 0 Å². The molecule has 1 saturated carbocycles. The Kier molecular flexibility index (Phi) is 4.42. The second-order valence-corrected chi connectivity index (χ2v) is 4.36. The first-order valence-corrected chi connectivity index (χ1v) is 5.44. The first kappa shape index (κ1) is 9.83. The summed E-state index contributed by atoms with van der Waals surface area (Å²) in [7, 11) is 0. The van der Waals surface area contributed by atoms with E-state index in [9.17, 15) is 0 Å². The van der Waals surface area contributed by atoms with Crippen LogP contribution in [0, 0.1) is 11.8 Å². The molecule has 0 bridgehead atoms. The second kappa shape index (κ2) is 5.40. The van der Waals surface area contributed by atoms with E-state index >= 15 is 0 Å². The molecule has 0 spiro atoms. The fourth-order valence-electron chi connectivity index (χ4n) is 1.82. The lowest BCUT2D eigenvalue weighted by atomic mass is 9.97. The Morgan fingerprint density at radius 1 is 1.42 bits per heavy atom. The molecule has 0 N–H and O–H groups in total. The van der Waals surface area contributed by atoms with E-state index in [1.54, 1.807) is 0 Å². The van der Waals surface area contributed by atoms with Crippen molar-refractivity contribution in [2.24, 2.45) is 11.8 Å². The Bertz CT molecular complexity index is 122. The van der Waals surface area contributed by atoms with Crippen molar-refractivity contribution in [2.75, 3.05) is 0 Å². The molecule has 12 heavy (non-hydrogen) atoms. The van der Waals surface area contributed by atoms with Crippen LogP contribution in [0.15, 0.2) is 12.7 Å². The van der Waals surface area contributed by atoms with E-state index in [1.807, 2.05) is 6.08 Å². The molecule has 0 heterocycles. The topological polar surface area (TPSA) is 0 Å². The fraction of sp³-hybridized carbons (Fsp3) is 0.833. The minimum atomic E-state index is 0.974. The van der Waals surface area contributed by atoms with Crippen LogP contribution in [-0.2, 0) is 0 Å². The summed E-state index contributed by atoms with van der Waals surface area (Å²) in [5.74, 6) is 2.08. The van der Waals surface area contributed by atoms with Gasteiger partial charge in [-0.1, -0.05) is 38.7 Å². The Morgan fingerprint density at radius 3 is 2.75 bits per heavy atom. The maximum Gasteiger partial charge on any atom is -0.0353 e. The molecule has 0 radical (unpaired) electrons. The zero-order valence-electron chi connectivity index (χ0n) is 8.39. The molecular formula is C12H22. The van der Waals surface area contributed by atoms with Crippen LogP contribution in [0.4, 0.5) is 0 Å². The minimum absolute atomic E-state index is 0.974. The number of allylic oxidation sites excluding steroid dienone is 1. The lowest BCUT2D eigenvalue weighted by Gasteiger charge is -2.09. The summed E-state index contributed by atoms with van der Waals surface area (Å²) < 4.78 is 0. The summed E-state index contributed by atoms with van der Waals surface area (Å²) in [5, 5.41) is 0. The average Bonchev–Trinajstić information content (AvgIpc) is 2.82. The first-order valence-electron chi connectivity index (χ1n) is 5.44. The Morgan fingerprint density at radius 2 is 2.17 bits per heavy atom. The third-order valence-corrected chi connectivity index (χ3v) is 2.79. The molecule has 1 aliphatic carbocycles. The first-order chi connectivity index (χ1) is 5.83. The van der Waals surface area contributed by atoms with Gasteiger partial charge in [-0.25, -0.2) is 0 Å². The molecule has 1 atom stereocenters. The molecule has 0 amide bonds. The van der Waals surface area contributed by atoms with Gasteiger partial charge in [0.25, 0.3) is 0 Å². The Balaban J connectivity index is 1.86. The van der Waals surface area contributed by atoms with Gasteiger partial charge in [0, 0.05) is 0 Å². The fourth-order valence-corrected chi connectivity index (χ4v) is 1.82. The van der Waals surface area contributed by atoms with Crippen molar-refractivity contribution in [3.8, 4) is 0 Å². The van der Waals surface area contributed by atoms with Gasteiger partial charge in [0.05, 0.1) is 0 Å². The van der Waals surface area contributed by atoms with Crippen LogP contribution in [0.25, 0.3) is 0 Å². The molecular weight excluding hydrogens is 144 g/mol. The molecule has 70 valence electrons. The molecule has 1 unspecified atom stereocenters. The number of hydrogen-bond donors (Lipinski definition) is 0. The van der Waals surface area contributed by atoms with E-state index in [2.05, 4.69) is 13.5 Å². The average molecular weight is 166 g/mol. The van der Waals surface area contributed by atoms with Crippen LogP contribution in [0.3, 0.4) is 0 Å². The highest BCUT2D eigenvalue weighted by atomic mass is 14.3. The van der Waals surface area contributed by atoms with Gasteiger partial charge in [0.2, 0.25) is 0 Å². The summed E-state index contributed by atoms with van der Waals surface area (Å²) in [5.41, 5.74) is 0. The summed E-state index contributed by atoms with van der Waals surface area (Å²) in [6, 6.07) is 0. The quantitative estimate of drug-likeness (QED) is 0.393. The summed E-state index contributed by atoms with van der Waals surface area (Å²) >= 11 is 0. The van der Waals surface area contributed by atoms with Gasteiger partial charge in [0.1, 0.15) is 0 Å². The van der Waals surface area contributed by atoms with Gasteiger partial charge in [-0.3, -0.25) is 0 Å². The van der Waals surface area contributed by atoms with Crippen LogP contribution in [0.1, 0.15) is 51.9 Å². The van der Waals surface area contributed by atoms with Gasteiger partial charge in [-0.2, -0.15) is 0 Å². The largest absolute Gasteiger partial charge is 0.103 e. The van der Waals surface area contributed by atoms with E-state index in [0.29, 0.717) is 0 Å². The van der Waals surface area contributed by atoms with Crippen molar-refractivity contribution in [3.05, 3.63) is 12.7 Å². The number of unbranched alkanes of at least 4 members (excludes halogenated alkanes) is 2. The molecule has 0 aromatic heterocycles. The third kappa shape index (κ3) is 4.58. The van der Waals surface area contributed by atoms with Crippen molar-refractivity contribution in [3.63, 3.8) is 0 Å². The number of hydrogen-bond acceptors (Lipinski definition) is 0. The zero-order chi connectivity index (χ0) is 8.81. The normalized spacial score (nSPS) is 19.1. The van der Waals surface area contributed by atoms with E-state index in [4.69, 9.17) is 0 Å². The van der Waals surface area contributed by atoms with E-state index in [0.717, 1.165) is 11.8 Å². The number of rotatable bonds is 7. The maximum atomic E-state index is 3.74. The molecule has 1 rings (SSSR count). The van der Waals surface area contributed by atoms with Crippen LogP contribution in [0.2, 0.25) is 0 Å². The lowest BCUT2D eigenvalue weighted by molar-refractivity contribution is 0.442. The molecule has 0 aromatic carbocycles. The maximum absolute atomic E-state index is 3.74. The predicted molar refractivity (Wildman–Crippen MR) is 55.2 cm³/mol. The second-order valence-electron chi connectivity index (χ2n) is 4.36. The molecule has 1 fully saturated rings. The SMILES string of the molecule is C=CCCCCC(C)CC1CC1. The highest BCUT2D eigenvalue weighted by molar-refractivity contribution is 4.75.